The van der Waals surface area contributed by atoms with Crippen molar-refractivity contribution in [1.29, 1.82) is 0 Å². The van der Waals surface area contributed by atoms with E-state index in [0.717, 1.165) is 11.1 Å². The summed E-state index contributed by atoms with van der Waals surface area (Å²) < 4.78 is 33.3. The highest BCUT2D eigenvalue weighted by Crippen LogP contribution is 2.35. The van der Waals surface area contributed by atoms with Crippen LogP contribution in [0.2, 0.25) is 5.28 Å². The van der Waals surface area contributed by atoms with Crippen LogP contribution < -0.4 is 5.73 Å². The van der Waals surface area contributed by atoms with Crippen LogP contribution in [0.5, 0.6) is 0 Å². The van der Waals surface area contributed by atoms with Crippen molar-refractivity contribution in [3.8, 4) is 11.1 Å². The average Bonchev–Trinajstić information content (AvgIpc) is 3.54. The number of anilines is 1. The van der Waals surface area contributed by atoms with Gasteiger partial charge in [-0.15, -0.1) is 0 Å². The Morgan fingerprint density at radius 1 is 1.17 bits per heavy atom. The molecule has 214 valence electrons. The lowest BCUT2D eigenvalue weighted by atomic mass is 9.92. The highest BCUT2D eigenvalue weighted by molar-refractivity contribution is 6.28. The molecule has 3 heterocycles. The molecule has 3 N–H and O–H groups in total. The van der Waals surface area contributed by atoms with Crippen molar-refractivity contribution >= 4 is 40.5 Å². The molecule has 0 radical (unpaired) electrons. The van der Waals surface area contributed by atoms with Crippen LogP contribution >= 0.6 is 11.6 Å². The second kappa shape index (κ2) is 11.8. The Labute approximate surface area is 239 Å². The smallest absolute Gasteiger partial charge is 0.350 e. The molecule has 0 saturated carbocycles. The molecule has 5 rings (SSSR count). The molecule has 4 atom stereocenters. The van der Waals surface area contributed by atoms with Crippen LogP contribution in [0.15, 0.2) is 60.9 Å². The number of esters is 1. The van der Waals surface area contributed by atoms with Crippen LogP contribution in [0.3, 0.4) is 0 Å². The van der Waals surface area contributed by atoms with Gasteiger partial charge < -0.3 is 25.1 Å². The first-order valence-electron chi connectivity index (χ1n) is 12.9. The van der Waals surface area contributed by atoms with Crippen molar-refractivity contribution in [2.24, 2.45) is 0 Å². The van der Waals surface area contributed by atoms with Gasteiger partial charge in [-0.05, 0) is 35.2 Å². The number of aliphatic carboxylic acids is 1. The lowest BCUT2D eigenvalue weighted by molar-refractivity contribution is -0.192. The average molecular weight is 584 g/mol. The van der Waals surface area contributed by atoms with Gasteiger partial charge >= 0.3 is 11.9 Å². The molecule has 2 aromatic heterocycles. The van der Waals surface area contributed by atoms with E-state index in [1.54, 1.807) is 19.1 Å². The summed E-state index contributed by atoms with van der Waals surface area (Å²) in [6, 6.07) is 16.8. The summed E-state index contributed by atoms with van der Waals surface area (Å²) in [6.45, 7) is 1.12. The molecule has 41 heavy (non-hydrogen) atoms. The summed E-state index contributed by atoms with van der Waals surface area (Å²) in [6.07, 6.45) is -2.72. The van der Waals surface area contributed by atoms with E-state index < -0.39 is 42.7 Å². The summed E-state index contributed by atoms with van der Waals surface area (Å²) in [4.78, 5) is 37.7. The van der Waals surface area contributed by atoms with Gasteiger partial charge in [0.15, 0.2) is 17.7 Å². The van der Waals surface area contributed by atoms with E-state index in [1.165, 1.54) is 10.9 Å². The predicted octanol–water partition coefficient (Wildman–Crippen LogP) is 4.00. The number of aromatic nitrogens is 4. The largest absolute Gasteiger partial charge is 0.479 e. The van der Waals surface area contributed by atoms with E-state index in [0.29, 0.717) is 5.56 Å². The third-order valence-corrected chi connectivity index (χ3v) is 6.97. The Morgan fingerprint density at radius 2 is 1.88 bits per heavy atom. The molecule has 2 aromatic carbocycles. The van der Waals surface area contributed by atoms with Gasteiger partial charge in [0.2, 0.25) is 5.28 Å². The monoisotopic (exact) mass is 583 g/mol. The van der Waals surface area contributed by atoms with Gasteiger partial charge in [0.25, 0.3) is 5.60 Å². The number of alkyl halides is 1. The Hall–Kier alpha value is -4.13. The van der Waals surface area contributed by atoms with Gasteiger partial charge in [-0.1, -0.05) is 54.6 Å². The fourth-order valence-electron chi connectivity index (χ4n) is 4.77. The Kier molecular flexibility index (Phi) is 8.15. The molecular weight excluding hydrogens is 557 g/mol. The quantitative estimate of drug-likeness (QED) is 0.159. The van der Waals surface area contributed by atoms with Crippen LogP contribution in [0.4, 0.5) is 10.2 Å². The number of nitrogens with zero attached hydrogens (tertiary/aromatic N) is 4. The summed E-state index contributed by atoms with van der Waals surface area (Å²) in [5.74, 6) is -2.56. The summed E-state index contributed by atoms with van der Waals surface area (Å²) in [7, 11) is 0. The minimum atomic E-state index is -2.38. The highest BCUT2D eigenvalue weighted by atomic mass is 35.5. The van der Waals surface area contributed by atoms with Crippen molar-refractivity contribution in [1.82, 2.24) is 19.5 Å². The number of carbonyl (C=O) groups excluding carboxylic acids is 1. The standard InChI is InChI=1S/C28H27ClFN5O6/c1-2-39-26(38)28(25(36)37,13-16-8-10-18(11-9-16)17-6-4-3-5-7-17)40-14-19-12-20(30)24(41-19)35-15-32-21-22(31)33-27(29)34-23(21)35/h3-11,15,19-20,24H,2,12-14H2,1H3,(H,36,37)(H2,31,33,34)/t19?,20?,24?,28-/m0/s1. The van der Waals surface area contributed by atoms with Crippen LogP contribution in [-0.2, 0) is 30.2 Å². The number of benzene rings is 2. The highest BCUT2D eigenvalue weighted by Gasteiger charge is 2.51. The molecule has 1 saturated heterocycles. The molecule has 1 aliphatic rings. The van der Waals surface area contributed by atoms with Crippen LogP contribution in [0.25, 0.3) is 22.3 Å². The number of carboxylic acids is 1. The van der Waals surface area contributed by atoms with Gasteiger partial charge in [-0.3, -0.25) is 4.57 Å². The number of fused-ring (bicyclic) bond motifs is 1. The molecule has 11 nitrogen and oxygen atoms in total. The summed E-state index contributed by atoms with van der Waals surface area (Å²) in [5.41, 5.74) is 6.32. The Morgan fingerprint density at radius 3 is 2.56 bits per heavy atom. The van der Waals surface area contributed by atoms with Gasteiger partial charge in [0, 0.05) is 12.8 Å². The number of nitrogens with two attached hydrogens (primary N) is 1. The number of carboxylic acid groups (broad SMARTS) is 1. The first-order chi connectivity index (χ1) is 19.7. The maximum absolute atomic E-state index is 15.2. The number of halogens is 2. The fourth-order valence-corrected chi connectivity index (χ4v) is 4.94. The molecule has 4 aromatic rings. The topological polar surface area (TPSA) is 152 Å². The second-order valence-electron chi connectivity index (χ2n) is 9.51. The molecule has 13 heteroatoms. The first kappa shape index (κ1) is 28.4. The summed E-state index contributed by atoms with van der Waals surface area (Å²) in [5, 5.41) is 10.1. The zero-order chi connectivity index (χ0) is 29.1. The number of imidazole rings is 1. The van der Waals surface area contributed by atoms with Gasteiger partial charge in [-0.25, -0.2) is 19.0 Å². The van der Waals surface area contributed by atoms with E-state index in [1.807, 2.05) is 42.5 Å². The second-order valence-corrected chi connectivity index (χ2v) is 9.84. The van der Waals surface area contributed by atoms with Crippen molar-refractivity contribution in [3.63, 3.8) is 0 Å². The molecule has 1 aliphatic heterocycles. The van der Waals surface area contributed by atoms with Gasteiger partial charge in [0.05, 0.1) is 25.6 Å². The van der Waals surface area contributed by atoms with Gasteiger partial charge in [0.1, 0.15) is 11.7 Å². The maximum atomic E-state index is 15.2. The molecule has 0 amide bonds. The minimum absolute atomic E-state index is 0.0320. The van der Waals surface area contributed by atoms with Crippen LogP contribution in [0, 0.1) is 0 Å². The molecular formula is C28H27ClFN5O6. The van der Waals surface area contributed by atoms with Crippen LogP contribution in [0.1, 0.15) is 25.1 Å². The number of nitrogen functional groups attached to an aromatic ring is 1. The SMILES string of the molecule is CCOC(=O)[C@@](Cc1ccc(-c2ccccc2)cc1)(OCC1CC(F)C(n2cnc3c(N)nc(Cl)nc32)O1)C(=O)O. The predicted molar refractivity (Wildman–Crippen MR) is 147 cm³/mol. The third-order valence-electron chi connectivity index (χ3n) is 6.80. The number of hydrogen-bond acceptors (Lipinski definition) is 9. The molecule has 3 unspecified atom stereocenters. The van der Waals surface area contributed by atoms with Crippen molar-refractivity contribution in [3.05, 3.63) is 71.8 Å². The number of rotatable bonds is 10. The molecule has 0 aliphatic carbocycles. The Bertz CT molecular complexity index is 1550. The minimum Gasteiger partial charge on any atom is -0.479 e. The third kappa shape index (κ3) is 5.71. The van der Waals surface area contributed by atoms with E-state index >= 15 is 4.39 Å². The van der Waals surface area contributed by atoms with E-state index in [2.05, 4.69) is 15.0 Å². The first-order valence-corrected chi connectivity index (χ1v) is 13.2. The normalized spacial score (nSPS) is 20.1. The van der Waals surface area contributed by atoms with E-state index in [4.69, 9.17) is 31.5 Å². The zero-order valence-corrected chi connectivity index (χ0v) is 22.7. The van der Waals surface area contributed by atoms with Gasteiger partial charge in [-0.2, -0.15) is 9.97 Å². The fraction of sp³-hybridized carbons (Fsp3) is 0.321. The number of ether oxygens (including phenoxy) is 3. The number of carbonyl (C=O) groups is 2. The molecule has 1 fully saturated rings. The Balaban J connectivity index is 1.35. The molecule has 0 bridgehead atoms. The zero-order valence-electron chi connectivity index (χ0n) is 21.9. The molecule has 0 spiro atoms. The van der Waals surface area contributed by atoms with Crippen molar-refractivity contribution < 1.29 is 33.3 Å². The van der Waals surface area contributed by atoms with Crippen molar-refractivity contribution in [2.75, 3.05) is 18.9 Å². The van der Waals surface area contributed by atoms with Crippen LogP contribution in [-0.4, -0.2) is 67.7 Å². The number of hydrogen-bond donors (Lipinski definition) is 2. The van der Waals surface area contributed by atoms with Crippen molar-refractivity contribution in [2.45, 2.75) is 43.9 Å². The summed E-state index contributed by atoms with van der Waals surface area (Å²) >= 11 is 5.92. The van der Waals surface area contributed by atoms with E-state index in [9.17, 15) is 14.7 Å². The lowest BCUT2D eigenvalue weighted by Crippen LogP contribution is -2.53. The lowest BCUT2D eigenvalue weighted by Gasteiger charge is -2.28. The maximum Gasteiger partial charge on any atom is 0.350 e. The van der Waals surface area contributed by atoms with E-state index in [-0.39, 0.29) is 41.7 Å².